The fraction of sp³-hybridized carbons (Fsp3) is 0.727. The van der Waals surface area contributed by atoms with Crippen molar-refractivity contribution in [3.05, 3.63) is 10.2 Å². The van der Waals surface area contributed by atoms with Crippen LogP contribution in [0.2, 0.25) is 0 Å². The third-order valence-electron chi connectivity index (χ3n) is 3.50. The highest BCUT2D eigenvalue weighted by Crippen LogP contribution is 2.40. The van der Waals surface area contributed by atoms with E-state index in [2.05, 4.69) is 28.0 Å². The van der Waals surface area contributed by atoms with Gasteiger partial charge in [0, 0.05) is 0 Å². The van der Waals surface area contributed by atoms with Crippen molar-refractivity contribution in [3.8, 4) is 0 Å². The molecule has 0 aliphatic heterocycles. The summed E-state index contributed by atoms with van der Waals surface area (Å²) in [6.45, 7) is 4.25. The number of aromatic nitrogens is 2. The Balaban J connectivity index is 2.32. The maximum atomic E-state index is 6.05. The molecule has 0 spiro atoms. The number of halogens is 1. The molecule has 2 atom stereocenters. The van der Waals surface area contributed by atoms with E-state index < -0.39 is 0 Å². The van der Waals surface area contributed by atoms with E-state index in [1.807, 2.05) is 11.6 Å². The minimum absolute atomic E-state index is 0.514. The second kappa shape index (κ2) is 4.16. The maximum absolute atomic E-state index is 6.05. The second-order valence-corrected chi connectivity index (χ2v) is 5.19. The van der Waals surface area contributed by atoms with E-state index in [0.29, 0.717) is 6.04 Å². The number of hydrogen-bond donors (Lipinski definition) is 1. The highest BCUT2D eigenvalue weighted by molar-refractivity contribution is 9.10. The van der Waals surface area contributed by atoms with E-state index in [-0.39, 0.29) is 0 Å². The zero-order chi connectivity index (χ0) is 11.0. The summed E-state index contributed by atoms with van der Waals surface area (Å²) in [6, 6.07) is 0.514. The maximum Gasteiger partial charge on any atom is 0.136 e. The molecule has 1 aliphatic carbocycles. The van der Waals surface area contributed by atoms with Crippen molar-refractivity contribution >= 4 is 21.7 Å². The number of anilines is 1. The van der Waals surface area contributed by atoms with Gasteiger partial charge in [0.05, 0.1) is 16.2 Å². The summed E-state index contributed by atoms with van der Waals surface area (Å²) in [5.74, 6) is 1.54. The third-order valence-corrected chi connectivity index (χ3v) is 4.48. The largest absolute Gasteiger partial charge is 0.383 e. The van der Waals surface area contributed by atoms with Gasteiger partial charge >= 0.3 is 0 Å². The third kappa shape index (κ3) is 1.80. The fourth-order valence-corrected chi connectivity index (χ4v) is 2.87. The molecule has 1 saturated carbocycles. The van der Waals surface area contributed by atoms with Crippen molar-refractivity contribution in [1.29, 1.82) is 0 Å². The topological polar surface area (TPSA) is 43.8 Å². The molecule has 1 aliphatic rings. The fourth-order valence-electron chi connectivity index (χ4n) is 2.61. The Labute approximate surface area is 99.2 Å². The molecule has 1 heterocycles. The van der Waals surface area contributed by atoms with Crippen molar-refractivity contribution in [2.24, 2.45) is 5.92 Å². The van der Waals surface area contributed by atoms with Gasteiger partial charge in [-0.2, -0.15) is 5.10 Å². The van der Waals surface area contributed by atoms with Crippen LogP contribution in [0.1, 0.15) is 44.3 Å². The van der Waals surface area contributed by atoms with Gasteiger partial charge in [-0.15, -0.1) is 0 Å². The van der Waals surface area contributed by atoms with Crippen LogP contribution in [-0.2, 0) is 0 Å². The summed E-state index contributed by atoms with van der Waals surface area (Å²) >= 11 is 3.48. The Morgan fingerprint density at radius 3 is 2.80 bits per heavy atom. The van der Waals surface area contributed by atoms with Crippen LogP contribution in [-0.4, -0.2) is 9.78 Å². The van der Waals surface area contributed by atoms with Gasteiger partial charge in [-0.25, -0.2) is 4.68 Å². The lowest BCUT2D eigenvalue weighted by molar-refractivity contribution is 0.346. The van der Waals surface area contributed by atoms with Gasteiger partial charge in [0.15, 0.2) is 0 Å². The standard InChI is InChI=1S/C11H18BrN3/c1-3-8-5-4-6-9(8)15-11(13)10(12)7(2)14-15/h8-9H,3-6,13H2,1-2H3. The van der Waals surface area contributed by atoms with Crippen molar-refractivity contribution < 1.29 is 0 Å². The Morgan fingerprint density at radius 1 is 1.53 bits per heavy atom. The molecule has 1 fully saturated rings. The first kappa shape index (κ1) is 11.0. The molecule has 2 unspecified atom stereocenters. The molecule has 15 heavy (non-hydrogen) atoms. The first-order chi connectivity index (χ1) is 7.15. The molecule has 0 aromatic carbocycles. The Kier molecular flexibility index (Phi) is 3.05. The zero-order valence-electron chi connectivity index (χ0n) is 9.33. The molecular formula is C11H18BrN3. The van der Waals surface area contributed by atoms with Gasteiger partial charge in [-0.05, 0) is 41.6 Å². The van der Waals surface area contributed by atoms with Crippen molar-refractivity contribution in [3.63, 3.8) is 0 Å². The van der Waals surface area contributed by atoms with Gasteiger partial charge in [-0.1, -0.05) is 19.8 Å². The van der Waals surface area contributed by atoms with Crippen LogP contribution in [0.4, 0.5) is 5.82 Å². The molecule has 4 heteroatoms. The molecule has 84 valence electrons. The van der Waals surface area contributed by atoms with Gasteiger partial charge in [0.1, 0.15) is 5.82 Å². The quantitative estimate of drug-likeness (QED) is 0.897. The molecule has 0 radical (unpaired) electrons. The normalized spacial score (nSPS) is 26.1. The number of rotatable bonds is 2. The number of nitrogens with two attached hydrogens (primary N) is 1. The van der Waals surface area contributed by atoms with Gasteiger partial charge < -0.3 is 5.73 Å². The summed E-state index contributed by atoms with van der Waals surface area (Å²) in [5, 5.41) is 4.53. The molecule has 2 rings (SSSR count). The van der Waals surface area contributed by atoms with E-state index in [0.717, 1.165) is 21.9 Å². The van der Waals surface area contributed by atoms with E-state index in [1.54, 1.807) is 0 Å². The number of hydrogen-bond acceptors (Lipinski definition) is 2. The van der Waals surface area contributed by atoms with E-state index >= 15 is 0 Å². The Hall–Kier alpha value is -0.510. The SMILES string of the molecule is CCC1CCCC1n1nc(C)c(Br)c1N. The second-order valence-electron chi connectivity index (χ2n) is 4.40. The van der Waals surface area contributed by atoms with Gasteiger partial charge in [0.25, 0.3) is 0 Å². The van der Waals surface area contributed by atoms with Crippen LogP contribution in [0.15, 0.2) is 4.47 Å². The summed E-state index contributed by atoms with van der Waals surface area (Å²) in [5.41, 5.74) is 7.05. The average Bonchev–Trinajstić information content (AvgIpc) is 2.78. The summed E-state index contributed by atoms with van der Waals surface area (Å²) in [7, 11) is 0. The monoisotopic (exact) mass is 271 g/mol. The van der Waals surface area contributed by atoms with E-state index in [4.69, 9.17) is 5.73 Å². The summed E-state index contributed by atoms with van der Waals surface area (Å²) in [4.78, 5) is 0. The molecule has 0 bridgehead atoms. The predicted molar refractivity (Wildman–Crippen MR) is 65.7 cm³/mol. The average molecular weight is 272 g/mol. The highest BCUT2D eigenvalue weighted by atomic mass is 79.9. The van der Waals surface area contributed by atoms with Crippen LogP contribution in [0, 0.1) is 12.8 Å². The van der Waals surface area contributed by atoms with Crippen LogP contribution in [0.25, 0.3) is 0 Å². The number of nitrogens with zero attached hydrogens (tertiary/aromatic N) is 2. The van der Waals surface area contributed by atoms with Crippen LogP contribution >= 0.6 is 15.9 Å². The number of aryl methyl sites for hydroxylation is 1. The smallest absolute Gasteiger partial charge is 0.136 e. The molecule has 1 aromatic heterocycles. The first-order valence-corrected chi connectivity index (χ1v) is 6.44. The van der Waals surface area contributed by atoms with Crippen LogP contribution < -0.4 is 5.73 Å². The molecule has 0 saturated heterocycles. The zero-order valence-corrected chi connectivity index (χ0v) is 10.9. The van der Waals surface area contributed by atoms with Crippen LogP contribution in [0.5, 0.6) is 0 Å². The molecule has 3 nitrogen and oxygen atoms in total. The molecule has 2 N–H and O–H groups in total. The van der Waals surface area contributed by atoms with Crippen molar-refractivity contribution in [1.82, 2.24) is 9.78 Å². The van der Waals surface area contributed by atoms with Crippen molar-refractivity contribution in [2.45, 2.75) is 45.6 Å². The van der Waals surface area contributed by atoms with Crippen LogP contribution in [0.3, 0.4) is 0 Å². The summed E-state index contributed by atoms with van der Waals surface area (Å²) < 4.78 is 2.99. The molecular weight excluding hydrogens is 254 g/mol. The van der Waals surface area contributed by atoms with Gasteiger partial charge in [-0.3, -0.25) is 0 Å². The predicted octanol–water partition coefficient (Wildman–Crippen LogP) is 3.29. The summed E-state index contributed by atoms with van der Waals surface area (Å²) in [6.07, 6.45) is 5.06. The van der Waals surface area contributed by atoms with Gasteiger partial charge in [0.2, 0.25) is 0 Å². The first-order valence-electron chi connectivity index (χ1n) is 5.65. The lowest BCUT2D eigenvalue weighted by Crippen LogP contribution is -2.17. The minimum Gasteiger partial charge on any atom is -0.383 e. The lowest BCUT2D eigenvalue weighted by Gasteiger charge is -2.19. The van der Waals surface area contributed by atoms with E-state index in [1.165, 1.54) is 25.7 Å². The van der Waals surface area contributed by atoms with E-state index in [9.17, 15) is 0 Å². The number of nitrogen functional groups attached to an aromatic ring is 1. The molecule has 0 amide bonds. The Morgan fingerprint density at radius 2 is 2.27 bits per heavy atom. The minimum atomic E-state index is 0.514. The molecule has 1 aromatic rings. The Bertz CT molecular complexity index is 359. The lowest BCUT2D eigenvalue weighted by atomic mass is 10.0. The van der Waals surface area contributed by atoms with Crippen molar-refractivity contribution in [2.75, 3.05) is 5.73 Å². The highest BCUT2D eigenvalue weighted by Gasteiger charge is 2.29.